The summed E-state index contributed by atoms with van der Waals surface area (Å²) in [5.74, 6) is 1.76. The summed E-state index contributed by atoms with van der Waals surface area (Å²) in [6.07, 6.45) is 1.71. The lowest BCUT2D eigenvalue weighted by molar-refractivity contribution is 0.380. The second-order valence-electron chi connectivity index (χ2n) is 6.84. The number of benzene rings is 1. The molecule has 1 aromatic heterocycles. The Balaban J connectivity index is 2.01. The van der Waals surface area contributed by atoms with Gasteiger partial charge in [-0.1, -0.05) is 43.3 Å². The first-order valence-corrected chi connectivity index (χ1v) is 9.78. The van der Waals surface area contributed by atoms with E-state index in [1.807, 2.05) is 0 Å². The lowest BCUT2D eigenvalue weighted by Gasteiger charge is -2.12. The van der Waals surface area contributed by atoms with Crippen LogP contribution in [0.15, 0.2) is 33.8 Å². The first-order chi connectivity index (χ1) is 13.1. The highest BCUT2D eigenvalue weighted by molar-refractivity contribution is 5.79. The molecule has 0 bridgehead atoms. The fourth-order valence-corrected chi connectivity index (χ4v) is 2.94. The molecule has 6 nitrogen and oxygen atoms in total. The monoisotopic (exact) mass is 371 g/mol. The predicted octanol–water partition coefficient (Wildman–Crippen LogP) is 3.12. The third-order valence-corrected chi connectivity index (χ3v) is 4.33. The second-order valence-corrected chi connectivity index (χ2v) is 6.84. The SMILES string of the molecule is CCNC(=NCc1ccc(CN(C)C)cc1)NCc1c(CC)noc1CC. The Hall–Kier alpha value is -2.34. The van der Waals surface area contributed by atoms with E-state index in [1.54, 1.807) is 0 Å². The van der Waals surface area contributed by atoms with Gasteiger partial charge in [-0.2, -0.15) is 0 Å². The van der Waals surface area contributed by atoms with Crippen LogP contribution in [0.25, 0.3) is 0 Å². The van der Waals surface area contributed by atoms with Gasteiger partial charge in [0.1, 0.15) is 5.76 Å². The Labute approximate surface area is 163 Å². The van der Waals surface area contributed by atoms with Gasteiger partial charge in [0.25, 0.3) is 0 Å². The van der Waals surface area contributed by atoms with Crippen molar-refractivity contribution in [3.05, 3.63) is 52.4 Å². The van der Waals surface area contributed by atoms with Crippen LogP contribution in [0.4, 0.5) is 0 Å². The zero-order chi connectivity index (χ0) is 19.6. The molecule has 2 aromatic rings. The Bertz CT molecular complexity index is 697. The van der Waals surface area contributed by atoms with E-state index in [1.165, 1.54) is 11.1 Å². The molecule has 1 heterocycles. The number of aryl methyl sites for hydroxylation is 2. The number of aliphatic imine (C=N–C) groups is 1. The fraction of sp³-hybridized carbons (Fsp3) is 0.524. The molecule has 0 fully saturated rings. The molecule has 0 atom stereocenters. The summed E-state index contributed by atoms with van der Waals surface area (Å²) in [4.78, 5) is 6.88. The van der Waals surface area contributed by atoms with Crippen LogP contribution in [-0.2, 0) is 32.5 Å². The number of guanidine groups is 1. The smallest absolute Gasteiger partial charge is 0.191 e. The summed E-state index contributed by atoms with van der Waals surface area (Å²) in [6, 6.07) is 8.64. The Kier molecular flexibility index (Phi) is 8.33. The summed E-state index contributed by atoms with van der Waals surface area (Å²) in [5.41, 5.74) is 4.68. The summed E-state index contributed by atoms with van der Waals surface area (Å²) in [6.45, 7) is 9.33. The van der Waals surface area contributed by atoms with Gasteiger partial charge >= 0.3 is 0 Å². The minimum atomic E-state index is 0.641. The maximum atomic E-state index is 5.44. The molecule has 6 heteroatoms. The zero-order valence-electron chi connectivity index (χ0n) is 17.3. The van der Waals surface area contributed by atoms with E-state index in [4.69, 9.17) is 9.52 Å². The third kappa shape index (κ3) is 6.40. The molecule has 27 heavy (non-hydrogen) atoms. The minimum absolute atomic E-state index is 0.641. The van der Waals surface area contributed by atoms with Gasteiger partial charge in [0, 0.05) is 31.6 Å². The third-order valence-electron chi connectivity index (χ3n) is 4.33. The van der Waals surface area contributed by atoms with E-state index in [-0.39, 0.29) is 0 Å². The normalized spacial score (nSPS) is 11.9. The average molecular weight is 372 g/mol. The lowest BCUT2D eigenvalue weighted by Crippen LogP contribution is -2.37. The summed E-state index contributed by atoms with van der Waals surface area (Å²) >= 11 is 0. The van der Waals surface area contributed by atoms with Crippen LogP contribution in [0.2, 0.25) is 0 Å². The number of hydrogen-bond acceptors (Lipinski definition) is 4. The first kappa shape index (κ1) is 21.0. The molecule has 1 aromatic carbocycles. The molecule has 148 valence electrons. The van der Waals surface area contributed by atoms with Crippen molar-refractivity contribution in [1.82, 2.24) is 20.7 Å². The summed E-state index contributed by atoms with van der Waals surface area (Å²) in [7, 11) is 4.16. The van der Waals surface area contributed by atoms with Crippen molar-refractivity contribution in [1.29, 1.82) is 0 Å². The maximum Gasteiger partial charge on any atom is 0.191 e. The number of nitrogens with zero attached hydrogens (tertiary/aromatic N) is 3. The molecule has 0 aliphatic rings. The molecule has 0 aliphatic carbocycles. The van der Waals surface area contributed by atoms with Gasteiger partial charge in [0.05, 0.1) is 12.2 Å². The van der Waals surface area contributed by atoms with Crippen molar-refractivity contribution in [2.75, 3.05) is 20.6 Å². The molecule has 0 radical (unpaired) electrons. The van der Waals surface area contributed by atoms with Crippen LogP contribution in [0.3, 0.4) is 0 Å². The summed E-state index contributed by atoms with van der Waals surface area (Å²) < 4.78 is 5.44. The van der Waals surface area contributed by atoms with E-state index >= 15 is 0 Å². The van der Waals surface area contributed by atoms with Crippen LogP contribution in [-0.4, -0.2) is 36.7 Å². The van der Waals surface area contributed by atoms with E-state index in [0.29, 0.717) is 13.1 Å². The predicted molar refractivity (Wildman–Crippen MR) is 111 cm³/mol. The van der Waals surface area contributed by atoms with E-state index in [0.717, 1.165) is 48.9 Å². The molecule has 0 saturated heterocycles. The molecule has 0 saturated carbocycles. The zero-order valence-corrected chi connectivity index (χ0v) is 17.3. The van der Waals surface area contributed by atoms with E-state index in [9.17, 15) is 0 Å². The fourth-order valence-electron chi connectivity index (χ4n) is 2.94. The topological polar surface area (TPSA) is 65.7 Å². The standard InChI is InChI=1S/C21H33N5O/c1-6-19-18(20(7-2)27-25-19)14-24-21(22-8-3)23-13-16-9-11-17(12-10-16)15-26(4)5/h9-12H,6-8,13-15H2,1-5H3,(H2,22,23,24). The van der Waals surface area contributed by atoms with Gasteiger partial charge < -0.3 is 20.1 Å². The minimum Gasteiger partial charge on any atom is -0.361 e. The molecule has 2 N–H and O–H groups in total. The van der Waals surface area contributed by atoms with Gasteiger partial charge in [-0.25, -0.2) is 4.99 Å². The molecular weight excluding hydrogens is 338 g/mol. The van der Waals surface area contributed by atoms with Gasteiger partial charge in [-0.3, -0.25) is 0 Å². The van der Waals surface area contributed by atoms with Gasteiger partial charge in [0.15, 0.2) is 5.96 Å². The number of nitrogens with one attached hydrogen (secondary N) is 2. The van der Waals surface area contributed by atoms with Crippen LogP contribution in [0.5, 0.6) is 0 Å². The van der Waals surface area contributed by atoms with Crippen LogP contribution < -0.4 is 10.6 Å². The van der Waals surface area contributed by atoms with E-state index in [2.05, 4.69) is 79.8 Å². The number of rotatable bonds is 9. The van der Waals surface area contributed by atoms with E-state index < -0.39 is 0 Å². The lowest BCUT2D eigenvalue weighted by atomic mass is 10.1. The number of aromatic nitrogens is 1. The van der Waals surface area contributed by atoms with Gasteiger partial charge in [-0.15, -0.1) is 0 Å². The van der Waals surface area contributed by atoms with Crippen molar-refractivity contribution in [3.8, 4) is 0 Å². The molecule has 0 unspecified atom stereocenters. The van der Waals surface area contributed by atoms with Crippen molar-refractivity contribution in [3.63, 3.8) is 0 Å². The highest BCUT2D eigenvalue weighted by Gasteiger charge is 2.13. The van der Waals surface area contributed by atoms with Crippen LogP contribution in [0, 0.1) is 0 Å². The Morgan fingerprint density at radius 3 is 2.33 bits per heavy atom. The first-order valence-electron chi connectivity index (χ1n) is 9.78. The Morgan fingerprint density at radius 1 is 1.04 bits per heavy atom. The largest absolute Gasteiger partial charge is 0.361 e. The highest BCUT2D eigenvalue weighted by atomic mass is 16.5. The van der Waals surface area contributed by atoms with Crippen molar-refractivity contribution >= 4 is 5.96 Å². The summed E-state index contributed by atoms with van der Waals surface area (Å²) in [5, 5.41) is 10.9. The Morgan fingerprint density at radius 2 is 1.74 bits per heavy atom. The second kappa shape index (κ2) is 10.7. The molecule has 0 aliphatic heterocycles. The van der Waals surface area contributed by atoms with Crippen LogP contribution in [0.1, 0.15) is 48.9 Å². The molecule has 0 spiro atoms. The number of hydrogen-bond donors (Lipinski definition) is 2. The molecular formula is C21H33N5O. The molecule has 2 rings (SSSR count). The highest BCUT2D eigenvalue weighted by Crippen LogP contribution is 2.15. The maximum absolute atomic E-state index is 5.44. The van der Waals surface area contributed by atoms with Crippen molar-refractivity contribution in [2.45, 2.75) is 53.2 Å². The quantitative estimate of drug-likeness (QED) is 0.524. The van der Waals surface area contributed by atoms with Gasteiger partial charge in [0.2, 0.25) is 0 Å². The van der Waals surface area contributed by atoms with Crippen LogP contribution >= 0.6 is 0 Å². The molecule has 0 amide bonds. The average Bonchev–Trinajstić information content (AvgIpc) is 3.06. The van der Waals surface area contributed by atoms with Gasteiger partial charge in [-0.05, 0) is 38.6 Å². The van der Waals surface area contributed by atoms with Crippen molar-refractivity contribution in [2.24, 2.45) is 4.99 Å². The van der Waals surface area contributed by atoms with Crippen molar-refractivity contribution < 1.29 is 4.52 Å².